The zero-order valence-corrected chi connectivity index (χ0v) is 11.2. The van der Waals surface area contributed by atoms with E-state index < -0.39 is 0 Å². The van der Waals surface area contributed by atoms with Crippen LogP contribution >= 0.6 is 0 Å². The fourth-order valence-corrected chi connectivity index (χ4v) is 6.18. The van der Waals surface area contributed by atoms with Crippen molar-refractivity contribution in [3.05, 3.63) is 0 Å². The molecule has 0 unspecified atom stereocenters. The summed E-state index contributed by atoms with van der Waals surface area (Å²) in [7, 11) is 0. The number of hydrogen-bond donors (Lipinski definition) is 1. The molecule has 4 bridgehead atoms. The molecule has 2 atom stereocenters. The van der Waals surface area contributed by atoms with Crippen molar-refractivity contribution in [3.63, 3.8) is 0 Å². The fraction of sp³-hybridized carbons (Fsp3) is 1.00. The van der Waals surface area contributed by atoms with Crippen LogP contribution in [-0.2, 0) is 0 Å². The molecule has 4 aliphatic carbocycles. The molecule has 0 aromatic carbocycles. The third-order valence-electron chi connectivity index (χ3n) is 6.11. The normalized spacial score (nSPS) is 54.2. The van der Waals surface area contributed by atoms with Crippen molar-refractivity contribution in [2.75, 3.05) is 26.2 Å². The van der Waals surface area contributed by atoms with Crippen molar-refractivity contribution < 1.29 is 0 Å². The Morgan fingerprint density at radius 3 is 2.24 bits per heavy atom. The molecule has 5 rings (SSSR count). The van der Waals surface area contributed by atoms with Gasteiger partial charge in [-0.15, -0.1) is 0 Å². The van der Waals surface area contributed by atoms with E-state index in [-0.39, 0.29) is 0 Å². The van der Waals surface area contributed by atoms with Gasteiger partial charge in [-0.1, -0.05) is 6.92 Å². The molecule has 0 aromatic heterocycles. The van der Waals surface area contributed by atoms with Gasteiger partial charge in [-0.25, -0.2) is 0 Å². The summed E-state index contributed by atoms with van der Waals surface area (Å²) in [6.07, 6.45) is 9.20. The van der Waals surface area contributed by atoms with E-state index in [1.807, 2.05) is 0 Å². The molecule has 5 fully saturated rings. The van der Waals surface area contributed by atoms with E-state index in [1.165, 1.54) is 58.3 Å². The maximum Gasteiger partial charge on any atom is 0.0221 e. The first-order valence-electron chi connectivity index (χ1n) is 7.63. The number of piperazine rings is 1. The Hall–Kier alpha value is -0.0800. The Morgan fingerprint density at radius 2 is 1.65 bits per heavy atom. The highest BCUT2D eigenvalue weighted by Gasteiger charge is 2.57. The van der Waals surface area contributed by atoms with Crippen molar-refractivity contribution in [1.29, 1.82) is 0 Å². The van der Waals surface area contributed by atoms with Gasteiger partial charge in [-0.05, 0) is 55.8 Å². The molecule has 1 heterocycles. The maximum absolute atomic E-state index is 3.51. The Kier molecular flexibility index (Phi) is 2.21. The summed E-state index contributed by atoms with van der Waals surface area (Å²) in [5.41, 5.74) is 1.33. The first kappa shape index (κ1) is 10.8. The third kappa shape index (κ3) is 1.60. The van der Waals surface area contributed by atoms with E-state index >= 15 is 0 Å². The molecular formula is C15H26N2. The highest BCUT2D eigenvalue weighted by atomic mass is 15.2. The lowest BCUT2D eigenvalue weighted by Crippen LogP contribution is -2.65. The number of nitrogens with one attached hydrogen (secondary N) is 1. The molecule has 96 valence electrons. The lowest BCUT2D eigenvalue weighted by Gasteiger charge is -2.65. The highest BCUT2D eigenvalue weighted by molar-refractivity contribution is 5.11. The molecule has 0 spiro atoms. The van der Waals surface area contributed by atoms with Gasteiger partial charge < -0.3 is 5.32 Å². The molecule has 1 N–H and O–H groups in total. The number of hydrogen-bond acceptors (Lipinski definition) is 2. The van der Waals surface area contributed by atoms with Crippen LogP contribution in [0, 0.1) is 17.3 Å². The fourth-order valence-electron chi connectivity index (χ4n) is 6.18. The largest absolute Gasteiger partial charge is 0.314 e. The molecule has 1 aliphatic heterocycles. The predicted molar refractivity (Wildman–Crippen MR) is 70.0 cm³/mol. The summed E-state index contributed by atoms with van der Waals surface area (Å²) in [5.74, 6) is 2.13. The van der Waals surface area contributed by atoms with Crippen LogP contribution < -0.4 is 5.32 Å². The molecule has 5 aliphatic rings. The smallest absolute Gasteiger partial charge is 0.0221 e. The predicted octanol–water partition coefficient (Wildman–Crippen LogP) is 2.25. The molecule has 0 radical (unpaired) electrons. The second-order valence-electron chi connectivity index (χ2n) is 7.73. The van der Waals surface area contributed by atoms with E-state index in [9.17, 15) is 0 Å². The van der Waals surface area contributed by atoms with Crippen LogP contribution in [0.4, 0.5) is 0 Å². The van der Waals surface area contributed by atoms with Gasteiger partial charge in [0.1, 0.15) is 0 Å². The molecule has 0 amide bonds. The lowest BCUT2D eigenvalue weighted by atomic mass is 9.47. The average molecular weight is 234 g/mol. The third-order valence-corrected chi connectivity index (χ3v) is 6.11. The van der Waals surface area contributed by atoms with Crippen LogP contribution in [-0.4, -0.2) is 36.6 Å². The second-order valence-corrected chi connectivity index (χ2v) is 7.73. The Bertz CT molecular complexity index is 305. The SMILES string of the molecule is CC12C[C@H]3C[C@H](C1)CC(N1CCNCC1)(C3)C2. The maximum atomic E-state index is 3.51. The Balaban J connectivity index is 1.64. The zero-order valence-electron chi connectivity index (χ0n) is 11.2. The van der Waals surface area contributed by atoms with Crippen molar-refractivity contribution in [3.8, 4) is 0 Å². The molecular weight excluding hydrogens is 208 g/mol. The van der Waals surface area contributed by atoms with Gasteiger partial charge in [0.15, 0.2) is 0 Å². The monoisotopic (exact) mass is 234 g/mol. The van der Waals surface area contributed by atoms with Crippen LogP contribution in [0.15, 0.2) is 0 Å². The molecule has 2 nitrogen and oxygen atoms in total. The van der Waals surface area contributed by atoms with E-state index in [4.69, 9.17) is 0 Å². The Labute approximate surface area is 105 Å². The number of nitrogens with zero attached hydrogens (tertiary/aromatic N) is 1. The van der Waals surface area contributed by atoms with Crippen LogP contribution in [0.3, 0.4) is 0 Å². The van der Waals surface area contributed by atoms with Crippen LogP contribution in [0.5, 0.6) is 0 Å². The minimum atomic E-state index is 0.626. The summed E-state index contributed by atoms with van der Waals surface area (Å²) >= 11 is 0. The first-order chi connectivity index (χ1) is 8.18. The molecule has 17 heavy (non-hydrogen) atoms. The Morgan fingerprint density at radius 1 is 1.00 bits per heavy atom. The number of rotatable bonds is 1. The standard InChI is InChI=1S/C15H26N2/c1-14-7-12-6-13(8-14)10-15(9-12,11-14)17-4-2-16-3-5-17/h12-13,16H,2-11H2,1H3/t12-,13-,14?,15?/m1/s1. The summed E-state index contributed by atoms with van der Waals surface area (Å²) in [4.78, 5) is 2.87. The average Bonchev–Trinajstić information content (AvgIpc) is 2.27. The zero-order chi connectivity index (χ0) is 11.5. The van der Waals surface area contributed by atoms with Crippen molar-refractivity contribution in [1.82, 2.24) is 10.2 Å². The van der Waals surface area contributed by atoms with Gasteiger partial charge in [-0.2, -0.15) is 0 Å². The summed E-state index contributed by atoms with van der Waals surface area (Å²) in [6, 6.07) is 0. The quantitative estimate of drug-likeness (QED) is 0.748. The van der Waals surface area contributed by atoms with Crippen LogP contribution in [0.25, 0.3) is 0 Å². The summed E-state index contributed by atoms with van der Waals surface area (Å²) in [6.45, 7) is 7.62. The van der Waals surface area contributed by atoms with Gasteiger partial charge in [0, 0.05) is 31.7 Å². The summed E-state index contributed by atoms with van der Waals surface area (Å²) < 4.78 is 0. The van der Waals surface area contributed by atoms with E-state index in [0.29, 0.717) is 11.0 Å². The lowest BCUT2D eigenvalue weighted by molar-refractivity contribution is -0.128. The van der Waals surface area contributed by atoms with Crippen molar-refractivity contribution in [2.45, 2.75) is 51.0 Å². The highest BCUT2D eigenvalue weighted by Crippen LogP contribution is 2.63. The van der Waals surface area contributed by atoms with Gasteiger partial charge >= 0.3 is 0 Å². The van der Waals surface area contributed by atoms with Gasteiger partial charge in [-0.3, -0.25) is 4.90 Å². The van der Waals surface area contributed by atoms with E-state index in [0.717, 1.165) is 11.8 Å². The first-order valence-corrected chi connectivity index (χ1v) is 7.63. The van der Waals surface area contributed by atoms with Crippen molar-refractivity contribution in [2.24, 2.45) is 17.3 Å². The van der Waals surface area contributed by atoms with Crippen LogP contribution in [0.1, 0.15) is 45.4 Å². The topological polar surface area (TPSA) is 15.3 Å². The molecule has 1 saturated heterocycles. The van der Waals surface area contributed by atoms with Crippen LogP contribution in [0.2, 0.25) is 0 Å². The van der Waals surface area contributed by atoms with Gasteiger partial charge in [0.25, 0.3) is 0 Å². The second kappa shape index (κ2) is 3.48. The van der Waals surface area contributed by atoms with E-state index in [2.05, 4.69) is 17.1 Å². The molecule has 2 heteroatoms. The molecule has 4 saturated carbocycles. The van der Waals surface area contributed by atoms with Gasteiger partial charge in [0.2, 0.25) is 0 Å². The minimum Gasteiger partial charge on any atom is -0.314 e. The van der Waals surface area contributed by atoms with E-state index in [1.54, 1.807) is 6.42 Å². The summed E-state index contributed by atoms with van der Waals surface area (Å²) in [5, 5.41) is 3.51. The molecule has 0 aromatic rings. The van der Waals surface area contributed by atoms with Crippen molar-refractivity contribution >= 4 is 0 Å². The minimum absolute atomic E-state index is 0.626. The van der Waals surface area contributed by atoms with Gasteiger partial charge in [0.05, 0.1) is 0 Å².